The van der Waals surface area contributed by atoms with Gasteiger partial charge in [-0.15, -0.1) is 0 Å². The van der Waals surface area contributed by atoms with Crippen molar-refractivity contribution < 1.29 is 9.59 Å². The molecule has 0 fully saturated rings. The monoisotopic (exact) mass is 468 g/mol. The molecule has 0 saturated heterocycles. The highest BCUT2D eigenvalue weighted by Gasteiger charge is 2.20. The van der Waals surface area contributed by atoms with Crippen molar-refractivity contribution in [2.75, 3.05) is 25.0 Å². The van der Waals surface area contributed by atoms with Crippen molar-refractivity contribution in [3.63, 3.8) is 0 Å². The Bertz CT molecular complexity index is 1040. The fourth-order valence-electron chi connectivity index (χ4n) is 3.76. The lowest BCUT2D eigenvalue weighted by molar-refractivity contribution is -0.118. The molecule has 6 nitrogen and oxygen atoms in total. The number of hydrogen-bond donors (Lipinski definition) is 3. The Morgan fingerprint density at radius 2 is 1.97 bits per heavy atom. The molecule has 0 aliphatic carbocycles. The van der Waals surface area contributed by atoms with Crippen LogP contribution in [0.5, 0.6) is 0 Å². The molecule has 3 N–H and O–H groups in total. The molecule has 2 aromatic rings. The van der Waals surface area contributed by atoms with E-state index in [0.717, 1.165) is 36.3 Å². The topological polar surface area (TPSA) is 82.6 Å². The molecule has 0 saturated carbocycles. The molecule has 0 aromatic heterocycles. The first-order valence-electron chi connectivity index (χ1n) is 11.4. The molecule has 0 radical (unpaired) electrons. The lowest BCUT2D eigenvalue weighted by Crippen LogP contribution is -2.30. The Morgan fingerprint density at radius 3 is 2.64 bits per heavy atom. The number of anilines is 1. The highest BCUT2D eigenvalue weighted by atomic mass is 35.5. The van der Waals surface area contributed by atoms with E-state index in [4.69, 9.17) is 11.6 Å². The van der Waals surface area contributed by atoms with Gasteiger partial charge in [-0.05, 0) is 59.2 Å². The number of carbonyl (C=O) groups excluding carboxylic acids is 2. The molecule has 2 aromatic carbocycles. The van der Waals surface area contributed by atoms with Crippen LogP contribution in [-0.2, 0) is 10.2 Å². The normalized spacial score (nSPS) is 14.3. The number of carbonyl (C=O) groups is 2. The number of ketones is 1. The van der Waals surface area contributed by atoms with Gasteiger partial charge in [0.15, 0.2) is 11.7 Å². The van der Waals surface area contributed by atoms with Crippen LogP contribution in [0.1, 0.15) is 67.9 Å². The number of nitrogens with one attached hydrogen (secondary N) is 3. The predicted octanol–water partition coefficient (Wildman–Crippen LogP) is 4.89. The third-order valence-corrected chi connectivity index (χ3v) is 5.95. The van der Waals surface area contributed by atoms with Crippen LogP contribution >= 0.6 is 11.6 Å². The van der Waals surface area contributed by atoms with Crippen molar-refractivity contribution in [3.8, 4) is 0 Å². The van der Waals surface area contributed by atoms with E-state index in [1.807, 2.05) is 18.2 Å². The van der Waals surface area contributed by atoms with Gasteiger partial charge in [-0.25, -0.2) is 0 Å². The van der Waals surface area contributed by atoms with E-state index in [1.165, 1.54) is 0 Å². The van der Waals surface area contributed by atoms with Gasteiger partial charge in [0, 0.05) is 29.2 Å². The number of hydrogen-bond acceptors (Lipinski definition) is 5. The van der Waals surface area contributed by atoms with Crippen molar-refractivity contribution in [1.29, 1.82) is 0 Å². The SMILES string of the molecule is CC[C@H](CC(=O)CNC(=O)c1cccc(NC2=NCCN2)c1)c1cc(Cl)cc(C(C)(C)C)c1. The third-order valence-electron chi connectivity index (χ3n) is 5.73. The van der Waals surface area contributed by atoms with Crippen LogP contribution in [0.15, 0.2) is 47.5 Å². The van der Waals surface area contributed by atoms with Gasteiger partial charge in [0.05, 0.1) is 13.1 Å². The van der Waals surface area contributed by atoms with Crippen LogP contribution in [0, 0.1) is 0 Å². The quantitative estimate of drug-likeness (QED) is 0.515. The minimum Gasteiger partial charge on any atom is -0.354 e. The van der Waals surface area contributed by atoms with E-state index in [0.29, 0.717) is 23.0 Å². The van der Waals surface area contributed by atoms with Crippen LogP contribution in [0.3, 0.4) is 0 Å². The zero-order chi connectivity index (χ0) is 24.0. The van der Waals surface area contributed by atoms with Gasteiger partial charge in [-0.1, -0.05) is 51.4 Å². The van der Waals surface area contributed by atoms with Gasteiger partial charge in [0.2, 0.25) is 0 Å². The molecule has 1 heterocycles. The van der Waals surface area contributed by atoms with Crippen molar-refractivity contribution in [3.05, 3.63) is 64.2 Å². The molecule has 0 unspecified atom stereocenters. The van der Waals surface area contributed by atoms with Gasteiger partial charge in [-0.2, -0.15) is 0 Å². The van der Waals surface area contributed by atoms with Crippen LogP contribution in [0.4, 0.5) is 5.69 Å². The summed E-state index contributed by atoms with van der Waals surface area (Å²) in [5, 5.41) is 9.73. The van der Waals surface area contributed by atoms with Crippen molar-refractivity contribution in [1.82, 2.24) is 10.6 Å². The number of Topliss-reactive ketones (excluding diaryl/α,β-unsaturated/α-hetero) is 1. The van der Waals surface area contributed by atoms with E-state index in [2.05, 4.69) is 54.7 Å². The summed E-state index contributed by atoms with van der Waals surface area (Å²) < 4.78 is 0. The number of halogens is 1. The molecule has 0 spiro atoms. The lowest BCUT2D eigenvalue weighted by Gasteiger charge is -2.23. The second-order valence-electron chi connectivity index (χ2n) is 9.42. The minimum absolute atomic E-state index is 0.00600. The van der Waals surface area contributed by atoms with Crippen LogP contribution in [-0.4, -0.2) is 37.3 Å². The smallest absolute Gasteiger partial charge is 0.251 e. The number of rotatable bonds is 8. The van der Waals surface area contributed by atoms with E-state index in [-0.39, 0.29) is 29.6 Å². The van der Waals surface area contributed by atoms with E-state index >= 15 is 0 Å². The van der Waals surface area contributed by atoms with Gasteiger partial charge >= 0.3 is 0 Å². The number of amides is 1. The molecular weight excluding hydrogens is 436 g/mol. The fourth-order valence-corrected chi connectivity index (χ4v) is 4.01. The summed E-state index contributed by atoms with van der Waals surface area (Å²) in [4.78, 5) is 29.6. The Morgan fingerprint density at radius 1 is 1.18 bits per heavy atom. The van der Waals surface area contributed by atoms with Crippen molar-refractivity contribution in [2.45, 2.75) is 51.9 Å². The summed E-state index contributed by atoms with van der Waals surface area (Å²) >= 11 is 6.37. The lowest BCUT2D eigenvalue weighted by atomic mass is 9.83. The average Bonchev–Trinajstić information content (AvgIpc) is 3.28. The first-order valence-corrected chi connectivity index (χ1v) is 11.8. The maximum absolute atomic E-state index is 12.7. The largest absolute Gasteiger partial charge is 0.354 e. The number of guanidine groups is 1. The fraction of sp³-hybridized carbons (Fsp3) is 0.423. The van der Waals surface area contributed by atoms with Crippen LogP contribution in [0.2, 0.25) is 5.02 Å². The van der Waals surface area contributed by atoms with Gasteiger partial charge in [0.1, 0.15) is 0 Å². The van der Waals surface area contributed by atoms with Crippen LogP contribution < -0.4 is 16.0 Å². The number of aliphatic imine (C=N–C) groups is 1. The van der Waals surface area contributed by atoms with Gasteiger partial charge < -0.3 is 16.0 Å². The predicted molar refractivity (Wildman–Crippen MR) is 136 cm³/mol. The van der Waals surface area contributed by atoms with Gasteiger partial charge in [-0.3, -0.25) is 14.6 Å². The highest BCUT2D eigenvalue weighted by molar-refractivity contribution is 6.30. The molecule has 7 heteroatoms. The molecule has 1 atom stereocenters. The summed E-state index contributed by atoms with van der Waals surface area (Å²) in [6.07, 6.45) is 1.17. The molecule has 0 bridgehead atoms. The molecule has 176 valence electrons. The number of benzene rings is 2. The Labute approximate surface area is 201 Å². The number of nitrogens with zero attached hydrogens (tertiary/aromatic N) is 1. The van der Waals surface area contributed by atoms with E-state index in [1.54, 1.807) is 18.2 Å². The summed E-state index contributed by atoms with van der Waals surface area (Å²) in [5.41, 5.74) is 3.44. The third kappa shape index (κ3) is 7.06. The maximum atomic E-state index is 12.7. The molecule has 1 amide bonds. The Balaban J connectivity index is 1.59. The van der Waals surface area contributed by atoms with Crippen molar-refractivity contribution in [2.24, 2.45) is 4.99 Å². The zero-order valence-corrected chi connectivity index (χ0v) is 20.6. The molecule has 3 rings (SSSR count). The van der Waals surface area contributed by atoms with Gasteiger partial charge in [0.25, 0.3) is 5.91 Å². The molecule has 1 aliphatic heterocycles. The molecular formula is C26H33ClN4O2. The maximum Gasteiger partial charge on any atom is 0.251 e. The van der Waals surface area contributed by atoms with E-state index in [9.17, 15) is 9.59 Å². The Hall–Kier alpha value is -2.86. The Kier molecular flexibility index (Phi) is 8.14. The second-order valence-corrected chi connectivity index (χ2v) is 9.85. The second kappa shape index (κ2) is 10.8. The first-order chi connectivity index (χ1) is 15.7. The average molecular weight is 469 g/mol. The highest BCUT2D eigenvalue weighted by Crippen LogP contribution is 2.32. The zero-order valence-electron chi connectivity index (χ0n) is 19.8. The summed E-state index contributed by atoms with van der Waals surface area (Å²) in [6.45, 7) is 10.0. The van der Waals surface area contributed by atoms with E-state index < -0.39 is 0 Å². The summed E-state index contributed by atoms with van der Waals surface area (Å²) in [6, 6.07) is 13.2. The van der Waals surface area contributed by atoms with Crippen LogP contribution in [0.25, 0.3) is 0 Å². The van der Waals surface area contributed by atoms with Crippen molar-refractivity contribution >= 4 is 34.9 Å². The molecule has 1 aliphatic rings. The summed E-state index contributed by atoms with van der Waals surface area (Å²) in [7, 11) is 0. The standard InChI is InChI=1S/C26H33ClN4O2/c1-5-17(19-11-20(26(2,3)4)15-21(27)12-19)14-23(32)16-30-24(33)18-7-6-8-22(13-18)31-25-28-9-10-29-25/h6-8,11-13,15,17H,5,9-10,14,16H2,1-4H3,(H,30,33)(H2,28,29,31)/t17-/m1/s1. The minimum atomic E-state index is -0.279. The first kappa shape index (κ1) is 24.8. The molecule has 33 heavy (non-hydrogen) atoms. The summed E-state index contributed by atoms with van der Waals surface area (Å²) in [5.74, 6) is 0.468.